The van der Waals surface area contributed by atoms with E-state index in [4.69, 9.17) is 42.8 Å². The first-order valence-electron chi connectivity index (χ1n) is 7.01. The van der Waals surface area contributed by atoms with Crippen LogP contribution in [0, 0.1) is 3.57 Å². The molecule has 0 spiro atoms. The van der Waals surface area contributed by atoms with Gasteiger partial charge in [-0.05, 0) is 52.4 Å². The van der Waals surface area contributed by atoms with Crippen LogP contribution in [0.15, 0.2) is 34.7 Å². The number of hydrogen-bond donors (Lipinski definition) is 1. The molecule has 3 rings (SSSR count). The molecule has 130 valence electrons. The molecule has 0 bridgehead atoms. The maximum absolute atomic E-state index is 6.03. The van der Waals surface area contributed by atoms with E-state index in [1.165, 1.54) is 0 Å². The summed E-state index contributed by atoms with van der Waals surface area (Å²) in [5.41, 5.74) is 7.05. The molecule has 2 aromatic carbocycles. The average molecular weight is 492 g/mol. The van der Waals surface area contributed by atoms with Crippen LogP contribution in [0.4, 0.5) is 6.01 Å². The molecular formula is C16H12Cl2IN3O3. The molecule has 0 saturated carbocycles. The third kappa shape index (κ3) is 4.10. The SMILES string of the molecule is COc1cc(-c2nnc(N)o2)cc(I)c1OCc1ccc(Cl)c(Cl)c1. The number of nitrogen functional groups attached to an aromatic ring is 1. The molecule has 0 aliphatic heterocycles. The van der Waals surface area contributed by atoms with Crippen molar-refractivity contribution in [1.82, 2.24) is 10.2 Å². The number of aromatic nitrogens is 2. The second kappa shape index (κ2) is 7.67. The van der Waals surface area contributed by atoms with Crippen LogP contribution in [0.3, 0.4) is 0 Å². The van der Waals surface area contributed by atoms with E-state index in [0.29, 0.717) is 39.6 Å². The summed E-state index contributed by atoms with van der Waals surface area (Å²) in [6.45, 7) is 0.316. The highest BCUT2D eigenvalue weighted by Crippen LogP contribution is 2.37. The number of nitrogens with zero attached hydrogens (tertiary/aromatic N) is 2. The van der Waals surface area contributed by atoms with Gasteiger partial charge in [-0.25, -0.2) is 0 Å². The third-order valence-electron chi connectivity index (χ3n) is 3.28. The molecule has 1 aromatic heterocycles. The van der Waals surface area contributed by atoms with E-state index in [1.54, 1.807) is 25.3 Å². The lowest BCUT2D eigenvalue weighted by Gasteiger charge is -2.14. The van der Waals surface area contributed by atoms with Gasteiger partial charge in [0, 0.05) is 5.56 Å². The molecular weight excluding hydrogens is 480 g/mol. The lowest BCUT2D eigenvalue weighted by molar-refractivity contribution is 0.282. The highest BCUT2D eigenvalue weighted by Gasteiger charge is 2.16. The van der Waals surface area contributed by atoms with E-state index in [2.05, 4.69) is 32.8 Å². The van der Waals surface area contributed by atoms with Crippen molar-refractivity contribution in [2.75, 3.05) is 12.8 Å². The number of methoxy groups -OCH3 is 1. The summed E-state index contributed by atoms with van der Waals surface area (Å²) in [5, 5.41) is 8.51. The molecule has 0 unspecified atom stereocenters. The molecule has 0 radical (unpaired) electrons. The Balaban J connectivity index is 1.86. The van der Waals surface area contributed by atoms with Gasteiger partial charge in [0.15, 0.2) is 11.5 Å². The summed E-state index contributed by atoms with van der Waals surface area (Å²) in [7, 11) is 1.56. The molecule has 0 aliphatic carbocycles. The molecule has 3 aromatic rings. The minimum absolute atomic E-state index is 0.00363. The van der Waals surface area contributed by atoms with Gasteiger partial charge in [-0.2, -0.15) is 0 Å². The molecule has 0 fully saturated rings. The maximum Gasteiger partial charge on any atom is 0.313 e. The van der Waals surface area contributed by atoms with Crippen molar-refractivity contribution < 1.29 is 13.9 Å². The Hall–Kier alpha value is -1.71. The molecule has 0 saturated heterocycles. The van der Waals surface area contributed by atoms with Crippen LogP contribution in [0.1, 0.15) is 5.56 Å². The van der Waals surface area contributed by atoms with Crippen molar-refractivity contribution in [2.24, 2.45) is 0 Å². The van der Waals surface area contributed by atoms with Crippen molar-refractivity contribution in [3.05, 3.63) is 49.5 Å². The number of benzene rings is 2. The summed E-state index contributed by atoms with van der Waals surface area (Å²) >= 11 is 14.1. The van der Waals surface area contributed by atoms with Gasteiger partial charge < -0.3 is 19.6 Å². The topological polar surface area (TPSA) is 83.4 Å². The largest absolute Gasteiger partial charge is 0.493 e. The molecule has 0 atom stereocenters. The van der Waals surface area contributed by atoms with Gasteiger partial charge in [0.1, 0.15) is 6.61 Å². The van der Waals surface area contributed by atoms with Gasteiger partial charge in [0.25, 0.3) is 0 Å². The zero-order chi connectivity index (χ0) is 18.0. The lowest BCUT2D eigenvalue weighted by atomic mass is 10.2. The predicted octanol–water partition coefficient (Wildman–Crippen LogP) is 4.82. The Morgan fingerprint density at radius 3 is 2.60 bits per heavy atom. The highest BCUT2D eigenvalue weighted by molar-refractivity contribution is 14.1. The predicted molar refractivity (Wildman–Crippen MR) is 104 cm³/mol. The smallest absolute Gasteiger partial charge is 0.313 e. The molecule has 1 heterocycles. The second-order valence-corrected chi connectivity index (χ2v) is 6.95. The number of nitrogens with two attached hydrogens (primary N) is 1. The summed E-state index contributed by atoms with van der Waals surface area (Å²) in [4.78, 5) is 0. The summed E-state index contributed by atoms with van der Waals surface area (Å²) in [6, 6.07) is 8.94. The van der Waals surface area contributed by atoms with Gasteiger partial charge in [-0.1, -0.05) is 34.4 Å². The maximum atomic E-state index is 6.03. The number of hydrogen-bond acceptors (Lipinski definition) is 6. The van der Waals surface area contributed by atoms with Gasteiger partial charge in [-0.15, -0.1) is 5.10 Å². The molecule has 0 amide bonds. The van der Waals surface area contributed by atoms with E-state index in [0.717, 1.165) is 9.13 Å². The summed E-state index contributed by atoms with van der Waals surface area (Å²) in [5.74, 6) is 1.45. The Morgan fingerprint density at radius 2 is 1.96 bits per heavy atom. The van der Waals surface area contributed by atoms with E-state index in [9.17, 15) is 0 Å². The van der Waals surface area contributed by atoms with Crippen molar-refractivity contribution >= 4 is 51.8 Å². The fourth-order valence-corrected chi connectivity index (χ4v) is 3.20. The number of ether oxygens (including phenoxy) is 2. The van der Waals surface area contributed by atoms with Crippen molar-refractivity contribution in [2.45, 2.75) is 6.61 Å². The normalized spacial score (nSPS) is 10.7. The molecule has 9 heteroatoms. The summed E-state index contributed by atoms with van der Waals surface area (Å²) < 4.78 is 17.4. The van der Waals surface area contributed by atoms with Crippen molar-refractivity contribution in [3.8, 4) is 23.0 Å². The Morgan fingerprint density at radius 1 is 1.16 bits per heavy atom. The number of anilines is 1. The Bertz CT molecular complexity index is 918. The third-order valence-corrected chi connectivity index (χ3v) is 4.82. The number of rotatable bonds is 5. The first-order chi connectivity index (χ1) is 12.0. The monoisotopic (exact) mass is 491 g/mol. The standard InChI is InChI=1S/C16H12Cl2IN3O3/c1-23-13-6-9(15-21-22-16(20)25-15)5-12(19)14(13)24-7-8-2-3-10(17)11(18)4-8/h2-6H,7H2,1H3,(H2,20,22). The van der Waals surface area contributed by atoms with Crippen molar-refractivity contribution in [3.63, 3.8) is 0 Å². The van der Waals surface area contributed by atoms with Crippen LogP contribution in [0.25, 0.3) is 11.5 Å². The fourth-order valence-electron chi connectivity index (χ4n) is 2.12. The molecule has 6 nitrogen and oxygen atoms in total. The van der Waals surface area contributed by atoms with E-state index >= 15 is 0 Å². The van der Waals surface area contributed by atoms with Crippen LogP contribution in [0.5, 0.6) is 11.5 Å². The average Bonchev–Trinajstić information content (AvgIpc) is 3.02. The fraction of sp³-hybridized carbons (Fsp3) is 0.125. The Kier molecular flexibility index (Phi) is 5.55. The van der Waals surface area contributed by atoms with Gasteiger partial charge >= 0.3 is 6.01 Å². The summed E-state index contributed by atoms with van der Waals surface area (Å²) in [6.07, 6.45) is 0. The lowest BCUT2D eigenvalue weighted by Crippen LogP contribution is -2.00. The minimum Gasteiger partial charge on any atom is -0.493 e. The molecule has 2 N–H and O–H groups in total. The van der Waals surface area contributed by atoms with Gasteiger partial charge in [0.05, 0.1) is 20.7 Å². The van der Waals surface area contributed by atoms with E-state index < -0.39 is 0 Å². The zero-order valence-corrected chi connectivity index (χ0v) is 16.6. The second-order valence-electron chi connectivity index (χ2n) is 4.97. The zero-order valence-electron chi connectivity index (χ0n) is 12.9. The molecule has 0 aliphatic rings. The Labute approximate surface area is 167 Å². The van der Waals surface area contributed by atoms with Gasteiger partial charge in [-0.3, -0.25) is 0 Å². The van der Waals surface area contributed by atoms with E-state index in [1.807, 2.05) is 12.1 Å². The van der Waals surface area contributed by atoms with Crippen LogP contribution in [-0.4, -0.2) is 17.3 Å². The van der Waals surface area contributed by atoms with Crippen LogP contribution >= 0.6 is 45.8 Å². The molecule has 25 heavy (non-hydrogen) atoms. The number of halogens is 3. The first kappa shape index (κ1) is 18.1. The van der Waals surface area contributed by atoms with Crippen LogP contribution in [-0.2, 0) is 6.61 Å². The van der Waals surface area contributed by atoms with Crippen molar-refractivity contribution in [1.29, 1.82) is 0 Å². The van der Waals surface area contributed by atoms with Gasteiger partial charge in [0.2, 0.25) is 5.89 Å². The quantitative estimate of drug-likeness (QED) is 0.515. The first-order valence-corrected chi connectivity index (χ1v) is 8.85. The van der Waals surface area contributed by atoms with Crippen LogP contribution < -0.4 is 15.2 Å². The highest BCUT2D eigenvalue weighted by atomic mass is 127. The van der Waals surface area contributed by atoms with Crippen LogP contribution in [0.2, 0.25) is 10.0 Å². The minimum atomic E-state index is 0.00363. The van der Waals surface area contributed by atoms with E-state index in [-0.39, 0.29) is 6.01 Å².